The minimum Gasteiger partial charge on any atom is -0.465 e. The summed E-state index contributed by atoms with van der Waals surface area (Å²) in [6.45, 7) is -0.258. The molecule has 0 aliphatic heterocycles. The summed E-state index contributed by atoms with van der Waals surface area (Å²) in [6.07, 6.45) is 3.35. The van der Waals surface area contributed by atoms with Gasteiger partial charge in [0, 0.05) is 33.4 Å². The highest BCUT2D eigenvalue weighted by Crippen LogP contribution is 2.39. The van der Waals surface area contributed by atoms with Crippen molar-refractivity contribution in [1.29, 1.82) is 0 Å². The van der Waals surface area contributed by atoms with Crippen molar-refractivity contribution in [3.63, 3.8) is 0 Å². The molecule has 4 rings (SSSR count). The lowest BCUT2D eigenvalue weighted by Crippen LogP contribution is -2.16. The molecule has 0 aliphatic carbocycles. The van der Waals surface area contributed by atoms with E-state index in [0.29, 0.717) is 16.0 Å². The van der Waals surface area contributed by atoms with Crippen molar-refractivity contribution in [2.75, 3.05) is 12.4 Å². The number of esters is 1. The van der Waals surface area contributed by atoms with Crippen LogP contribution in [0.3, 0.4) is 0 Å². The largest absolute Gasteiger partial charge is 0.465 e. The number of aromatic nitrogens is 1. The van der Waals surface area contributed by atoms with Gasteiger partial charge in [0.1, 0.15) is 17.2 Å². The zero-order chi connectivity index (χ0) is 24.2. The van der Waals surface area contributed by atoms with Gasteiger partial charge in [0.15, 0.2) is 0 Å². The highest BCUT2D eigenvalue weighted by molar-refractivity contribution is 7.16. The van der Waals surface area contributed by atoms with Crippen LogP contribution in [0.1, 0.15) is 25.6 Å². The summed E-state index contributed by atoms with van der Waals surface area (Å²) in [5.74, 6) is -3.68. The summed E-state index contributed by atoms with van der Waals surface area (Å²) in [5, 5.41) is 12.3. The number of nitrogens with zero attached hydrogens (tertiary/aromatic N) is 1. The van der Waals surface area contributed by atoms with E-state index < -0.39 is 29.1 Å². The highest BCUT2D eigenvalue weighted by atomic mass is 32.1. The number of benzene rings is 2. The van der Waals surface area contributed by atoms with Crippen molar-refractivity contribution in [3.8, 4) is 21.6 Å². The Balaban J connectivity index is 1.75. The second-order valence-corrected chi connectivity index (χ2v) is 8.29. The highest BCUT2D eigenvalue weighted by Gasteiger charge is 2.21. The summed E-state index contributed by atoms with van der Waals surface area (Å²) < 4.78 is 32.9. The molecule has 2 aromatic carbocycles. The number of nitrogens with one attached hydrogen (secondary N) is 1. The van der Waals surface area contributed by atoms with E-state index >= 15 is 0 Å². The van der Waals surface area contributed by atoms with Gasteiger partial charge in [-0.15, -0.1) is 11.3 Å². The molecular formula is C25H18F2N2O4S. The third kappa shape index (κ3) is 4.57. The minimum atomic E-state index is -1.00. The van der Waals surface area contributed by atoms with Gasteiger partial charge in [-0.25, -0.2) is 13.6 Å². The van der Waals surface area contributed by atoms with Crippen LogP contribution in [0.4, 0.5) is 14.5 Å². The molecule has 0 saturated carbocycles. The van der Waals surface area contributed by atoms with Gasteiger partial charge in [-0.2, -0.15) is 0 Å². The topological polar surface area (TPSA) is 88.5 Å². The zero-order valence-corrected chi connectivity index (χ0v) is 18.7. The third-order valence-electron chi connectivity index (χ3n) is 5.06. The van der Waals surface area contributed by atoms with Crippen LogP contribution in [0.5, 0.6) is 0 Å². The molecule has 1 amide bonds. The average Bonchev–Trinajstić information content (AvgIpc) is 3.28. The number of anilines is 1. The van der Waals surface area contributed by atoms with Gasteiger partial charge in [0.2, 0.25) is 0 Å². The Bertz CT molecular complexity index is 1350. The van der Waals surface area contributed by atoms with Gasteiger partial charge in [-0.1, -0.05) is 18.2 Å². The number of hydrogen-bond acceptors (Lipinski definition) is 6. The fourth-order valence-electron chi connectivity index (χ4n) is 3.47. The van der Waals surface area contributed by atoms with Crippen molar-refractivity contribution in [2.45, 2.75) is 6.61 Å². The van der Waals surface area contributed by atoms with E-state index in [-0.39, 0.29) is 17.9 Å². The van der Waals surface area contributed by atoms with Crippen LogP contribution in [-0.2, 0) is 11.3 Å². The van der Waals surface area contributed by atoms with E-state index in [2.05, 4.69) is 10.3 Å². The molecule has 0 saturated heterocycles. The van der Waals surface area contributed by atoms with Crippen LogP contribution in [0.15, 0.2) is 67.0 Å². The number of rotatable bonds is 6. The summed E-state index contributed by atoms with van der Waals surface area (Å²) >= 11 is 1.36. The Morgan fingerprint density at radius 2 is 1.82 bits per heavy atom. The molecule has 0 atom stereocenters. The molecule has 0 fully saturated rings. The lowest BCUT2D eigenvalue weighted by Gasteiger charge is -2.12. The van der Waals surface area contributed by atoms with Crippen LogP contribution in [0, 0.1) is 11.6 Å². The summed E-state index contributed by atoms with van der Waals surface area (Å²) in [6, 6.07) is 13.1. The predicted molar refractivity (Wildman–Crippen MR) is 125 cm³/mol. The molecule has 34 heavy (non-hydrogen) atoms. The maximum Gasteiger partial charge on any atom is 0.338 e. The molecule has 172 valence electrons. The summed E-state index contributed by atoms with van der Waals surface area (Å²) in [5.41, 5.74) is 1.46. The van der Waals surface area contributed by atoms with Crippen LogP contribution >= 0.6 is 11.3 Å². The fraction of sp³-hybridized carbons (Fsp3) is 0.0800. The number of hydrogen-bond donors (Lipinski definition) is 2. The SMILES string of the molecule is COC(=O)c1cc(NC(=O)c2c(F)cccc2F)ccc1-c1cc(-c2cccnc2)sc1CO. The lowest BCUT2D eigenvalue weighted by molar-refractivity contribution is 0.0601. The van der Waals surface area contributed by atoms with Crippen molar-refractivity contribution in [2.24, 2.45) is 0 Å². The number of carbonyl (C=O) groups is 2. The monoisotopic (exact) mass is 480 g/mol. The first kappa shape index (κ1) is 23.2. The molecular weight excluding hydrogens is 462 g/mol. The van der Waals surface area contributed by atoms with E-state index in [9.17, 15) is 23.5 Å². The quantitative estimate of drug-likeness (QED) is 0.366. The van der Waals surface area contributed by atoms with Crippen molar-refractivity contribution < 1.29 is 28.2 Å². The molecule has 2 heterocycles. The smallest absolute Gasteiger partial charge is 0.338 e. The number of methoxy groups -OCH3 is 1. The molecule has 0 aliphatic rings. The Morgan fingerprint density at radius 1 is 1.06 bits per heavy atom. The van der Waals surface area contributed by atoms with Crippen LogP contribution in [-0.4, -0.2) is 29.1 Å². The number of aliphatic hydroxyl groups excluding tert-OH is 1. The first-order chi connectivity index (χ1) is 16.4. The standard InChI is InChI=1S/C25H18F2N2O4S/c1-33-25(32)18-10-15(29-24(31)23-19(26)5-2-6-20(23)27)7-8-16(18)17-11-21(34-22(17)13-30)14-4-3-9-28-12-14/h2-12,30H,13H2,1H3,(H,29,31). The van der Waals surface area contributed by atoms with Crippen molar-refractivity contribution >= 4 is 28.9 Å². The van der Waals surface area contributed by atoms with Crippen LogP contribution in [0.25, 0.3) is 21.6 Å². The number of aliphatic hydroxyl groups is 1. The predicted octanol–water partition coefficient (Wildman–Crippen LogP) is 5.29. The minimum absolute atomic E-state index is 0.111. The van der Waals surface area contributed by atoms with E-state index in [1.165, 1.54) is 30.6 Å². The van der Waals surface area contributed by atoms with Crippen LogP contribution < -0.4 is 5.32 Å². The van der Waals surface area contributed by atoms with E-state index in [0.717, 1.165) is 28.6 Å². The molecule has 0 radical (unpaired) electrons. The second-order valence-electron chi connectivity index (χ2n) is 7.15. The number of amides is 1. The van der Waals surface area contributed by atoms with Gasteiger partial charge in [0.25, 0.3) is 5.91 Å². The van der Waals surface area contributed by atoms with Gasteiger partial charge < -0.3 is 15.2 Å². The Labute approximate surface area is 197 Å². The van der Waals surface area contributed by atoms with E-state index in [1.807, 2.05) is 12.1 Å². The van der Waals surface area contributed by atoms with Gasteiger partial charge in [-0.05, 0) is 47.5 Å². The number of pyridine rings is 1. The molecule has 6 nitrogen and oxygen atoms in total. The molecule has 0 unspecified atom stereocenters. The number of thiophene rings is 1. The average molecular weight is 480 g/mol. The second kappa shape index (κ2) is 9.90. The maximum absolute atomic E-state index is 14.0. The van der Waals surface area contributed by atoms with Crippen LogP contribution in [0.2, 0.25) is 0 Å². The van der Waals surface area contributed by atoms with Gasteiger partial charge in [0.05, 0.1) is 19.3 Å². The number of carbonyl (C=O) groups excluding carboxylic acids is 2. The van der Waals surface area contributed by atoms with Crippen molar-refractivity contribution in [3.05, 3.63) is 94.6 Å². The molecule has 4 aromatic rings. The van der Waals surface area contributed by atoms with Crippen molar-refractivity contribution in [1.82, 2.24) is 4.98 Å². The van der Waals surface area contributed by atoms with E-state index in [1.54, 1.807) is 24.5 Å². The number of halogens is 2. The van der Waals surface area contributed by atoms with E-state index in [4.69, 9.17) is 4.74 Å². The molecule has 2 N–H and O–H groups in total. The lowest BCUT2D eigenvalue weighted by atomic mass is 9.98. The first-order valence-corrected chi connectivity index (χ1v) is 10.9. The summed E-state index contributed by atoms with van der Waals surface area (Å²) in [4.78, 5) is 30.6. The van der Waals surface area contributed by atoms with Gasteiger partial charge >= 0.3 is 5.97 Å². The Hall–Kier alpha value is -3.95. The first-order valence-electron chi connectivity index (χ1n) is 10.0. The molecule has 9 heteroatoms. The Kier molecular flexibility index (Phi) is 6.76. The fourth-order valence-corrected chi connectivity index (χ4v) is 4.49. The molecule has 2 aromatic heterocycles. The summed E-state index contributed by atoms with van der Waals surface area (Å²) in [7, 11) is 1.22. The normalized spacial score (nSPS) is 10.7. The number of ether oxygens (including phenoxy) is 1. The maximum atomic E-state index is 14.0. The zero-order valence-electron chi connectivity index (χ0n) is 17.8. The Morgan fingerprint density at radius 3 is 2.47 bits per heavy atom. The van der Waals surface area contributed by atoms with Gasteiger partial charge in [-0.3, -0.25) is 9.78 Å². The molecule has 0 spiro atoms. The third-order valence-corrected chi connectivity index (χ3v) is 6.23. The molecule has 0 bridgehead atoms.